The lowest BCUT2D eigenvalue weighted by molar-refractivity contribution is 0.0167. The Labute approximate surface area is 663 Å². The fourth-order valence-corrected chi connectivity index (χ4v) is 11.0. The molecule has 27 heteroatoms. The fraction of sp³-hybridized carbons (Fsp3) is 0.186. The van der Waals surface area contributed by atoms with Gasteiger partial charge in [-0.3, -0.25) is 20.1 Å². The van der Waals surface area contributed by atoms with Crippen molar-refractivity contribution in [1.29, 1.82) is 5.41 Å². The van der Waals surface area contributed by atoms with Crippen molar-refractivity contribution >= 4 is 67.9 Å². The number of carbonyl (C=O) groups excluding carboxylic acids is 3. The van der Waals surface area contributed by atoms with Gasteiger partial charge in [-0.1, -0.05) is 201 Å². The molecule has 15 nitrogen and oxygen atoms in total. The number of para-hydroxylation sites is 2. The number of nitrogens with one attached hydrogen (secondary N) is 4. The third-order valence-electron chi connectivity index (χ3n) is 16.2. The Morgan fingerprint density at radius 3 is 1.31 bits per heavy atom. The standard InChI is InChI=1S/C21H19F3N4O.C15H13F2NO2.C13H11N.C12H12FN3.C8H7BrF2.C8H9F2N.C7H5ClO2.2CH4/c1-21(23,24)15-3-2-4-17(11-15)26-20(29)27-9-10-28-19(13-27)18(12-25-28)14-5-7-16(22)8-6-14;1-15(16,17)11-6-5-7-12(10-11)18-14(19)20-13-8-3-2-4-9-13;14-13(11-7-3-1-4-8-11)12-9-5-2-6-10-12;13-10-3-1-9(2-4-10)11-7-15-16-6-5-14-8-12(11)16;1-8(10,11)6-3-2-4-7(9)5-6;1-8(9,10)6-3-2-4-7(11)5-6;8-7(9)10-6-4-2-1-3-5-6;;/h2-8,11-12H,9-10,13H2,1H3,(H,26,29);2-10H,1H3,(H,18,19);1-10,14H;1-4,7,14H,5-6,8H2;2-5H,1H3;2-5H,11H2,1H3;1-5H;2*1H4. The summed E-state index contributed by atoms with van der Waals surface area (Å²) in [6.07, 6.45) is 2.83. The second kappa shape index (κ2) is 42.5. The van der Waals surface area contributed by atoms with Gasteiger partial charge >= 0.3 is 17.6 Å². The number of anilines is 3. The van der Waals surface area contributed by atoms with Gasteiger partial charge in [0.15, 0.2) is 0 Å². The summed E-state index contributed by atoms with van der Waals surface area (Å²) in [7, 11) is 0. The molecule has 0 aliphatic carbocycles. The summed E-state index contributed by atoms with van der Waals surface area (Å²) in [6, 6.07) is 71.9. The van der Waals surface area contributed by atoms with E-state index in [1.54, 1.807) is 114 Å². The molecular formula is C86H84BrClF10N10O5. The SMILES string of the molecule is C.C.CC(F)(F)c1cccc(Br)c1.CC(F)(F)c1cccc(N)c1.CC(F)(F)c1cccc(NC(=O)N2CCn3ncc(-c4ccc(F)cc4)c3C2)c1.CC(F)(F)c1cccc(NC(=O)Oc2ccccc2)c1.Fc1ccc(-c2cnn3c2CNCC3)cc1.N=C(c1ccccc1)c1ccccc1.O=C(Cl)Oc1ccccc1. The molecule has 0 saturated carbocycles. The van der Waals surface area contributed by atoms with Crippen LogP contribution in [0.25, 0.3) is 22.3 Å². The average Bonchev–Trinajstić information content (AvgIpc) is 1.66. The fourth-order valence-electron chi connectivity index (χ4n) is 10.6. The first-order chi connectivity index (χ1) is 52.8. The molecule has 0 fully saturated rings. The van der Waals surface area contributed by atoms with Gasteiger partial charge in [-0.15, -0.1) is 0 Å². The third kappa shape index (κ3) is 29.1. The number of hydrogen-bond donors (Lipinski definition) is 5. The number of hydrogen-bond acceptors (Lipinski definition) is 10. The van der Waals surface area contributed by atoms with Crippen LogP contribution < -0.4 is 31.2 Å². The number of nitrogen functional groups attached to an aromatic ring is 1. The van der Waals surface area contributed by atoms with Crippen molar-refractivity contribution in [3.63, 3.8) is 0 Å². The molecule has 10 aromatic carbocycles. The first-order valence-electron chi connectivity index (χ1n) is 34.1. The summed E-state index contributed by atoms with van der Waals surface area (Å²) >= 11 is 8.07. The smallest absolute Gasteiger partial charge is 0.415 e. The highest BCUT2D eigenvalue weighted by Crippen LogP contribution is 2.34. The number of rotatable bonds is 12. The van der Waals surface area contributed by atoms with E-state index >= 15 is 0 Å². The van der Waals surface area contributed by atoms with Crippen LogP contribution in [-0.4, -0.2) is 60.8 Å². The number of nitrogens with two attached hydrogens (primary N) is 1. The second-order valence-corrected chi connectivity index (χ2v) is 26.2. The number of aromatic nitrogens is 4. The molecule has 0 saturated heterocycles. The lowest BCUT2D eigenvalue weighted by atomic mass is 10.0. The summed E-state index contributed by atoms with van der Waals surface area (Å²) in [5, 5.41) is 25.1. The molecule has 12 aromatic rings. The maximum Gasteiger partial charge on any atom is 0.417 e. The van der Waals surface area contributed by atoms with Gasteiger partial charge in [0.05, 0.1) is 49.1 Å². The van der Waals surface area contributed by atoms with Crippen molar-refractivity contribution in [2.24, 2.45) is 0 Å². The van der Waals surface area contributed by atoms with E-state index in [-0.39, 0.29) is 60.5 Å². The molecule has 0 spiro atoms. The van der Waals surface area contributed by atoms with Gasteiger partial charge in [0.1, 0.15) is 23.1 Å². The summed E-state index contributed by atoms with van der Waals surface area (Å²) in [5.74, 6) is -11.2. The van der Waals surface area contributed by atoms with Crippen molar-refractivity contribution in [3.05, 3.63) is 340 Å². The number of fused-ring (bicyclic) bond motifs is 2. The van der Waals surface area contributed by atoms with E-state index in [0.717, 1.165) is 86.4 Å². The van der Waals surface area contributed by atoms with Crippen LogP contribution in [0.5, 0.6) is 11.5 Å². The van der Waals surface area contributed by atoms with Crippen molar-refractivity contribution < 1.29 is 67.8 Å². The second-order valence-electron chi connectivity index (χ2n) is 24.9. The van der Waals surface area contributed by atoms with Crippen molar-refractivity contribution in [2.45, 2.75) is 92.4 Å². The molecule has 0 bridgehead atoms. The minimum Gasteiger partial charge on any atom is -0.415 e. The molecule has 113 heavy (non-hydrogen) atoms. The summed E-state index contributed by atoms with van der Waals surface area (Å²) in [5.41, 5.74) is 13.4. The molecule has 2 aromatic heterocycles. The zero-order valence-corrected chi connectivity index (χ0v) is 62.5. The number of urea groups is 1. The molecule has 0 radical (unpaired) electrons. The van der Waals surface area contributed by atoms with E-state index in [9.17, 15) is 58.3 Å². The number of carbonyl (C=O) groups is 3. The maximum atomic E-state index is 13.5. The zero-order chi connectivity index (χ0) is 80.3. The molecular weight excluding hydrogens is 1560 g/mol. The maximum absolute atomic E-state index is 13.5. The highest BCUT2D eigenvalue weighted by Gasteiger charge is 2.29. The van der Waals surface area contributed by atoms with Crippen molar-refractivity contribution in [1.82, 2.24) is 29.8 Å². The van der Waals surface area contributed by atoms with Gasteiger partial charge in [0.25, 0.3) is 23.7 Å². The van der Waals surface area contributed by atoms with Gasteiger partial charge in [-0.25, -0.2) is 58.3 Å². The summed E-state index contributed by atoms with van der Waals surface area (Å²) in [4.78, 5) is 36.1. The summed E-state index contributed by atoms with van der Waals surface area (Å²) < 4.78 is 144. The molecule has 592 valence electrons. The first-order valence-corrected chi connectivity index (χ1v) is 35.3. The predicted molar refractivity (Wildman–Crippen MR) is 429 cm³/mol. The van der Waals surface area contributed by atoms with E-state index in [1.165, 1.54) is 103 Å². The Balaban J connectivity index is 0.000000212. The van der Waals surface area contributed by atoms with Crippen LogP contribution in [0.4, 0.5) is 75.3 Å². The van der Waals surface area contributed by atoms with E-state index in [1.807, 2.05) is 82.3 Å². The van der Waals surface area contributed by atoms with Crippen molar-refractivity contribution in [3.8, 4) is 33.8 Å². The lowest BCUT2D eigenvalue weighted by Crippen LogP contribution is -2.41. The Morgan fingerprint density at radius 2 is 0.885 bits per heavy atom. The molecule has 0 unspecified atom stereocenters. The lowest BCUT2D eigenvalue weighted by Gasteiger charge is -2.28. The quantitative estimate of drug-likeness (QED) is 0.0342. The highest BCUT2D eigenvalue weighted by molar-refractivity contribution is 9.10. The van der Waals surface area contributed by atoms with E-state index in [2.05, 4.69) is 46.8 Å². The van der Waals surface area contributed by atoms with Gasteiger partial charge in [0.2, 0.25) is 0 Å². The minimum atomic E-state index is -2.98. The molecule has 2 aliphatic rings. The van der Waals surface area contributed by atoms with E-state index in [0.29, 0.717) is 52.7 Å². The number of benzene rings is 10. The molecule has 14 rings (SSSR count). The van der Waals surface area contributed by atoms with E-state index in [4.69, 9.17) is 27.5 Å². The van der Waals surface area contributed by atoms with E-state index < -0.39 is 35.2 Å². The predicted octanol–water partition coefficient (Wildman–Crippen LogP) is 23.8. The zero-order valence-electron chi connectivity index (χ0n) is 60.2. The molecule has 0 atom stereocenters. The van der Waals surface area contributed by atoms with Crippen LogP contribution in [-0.2, 0) is 49.9 Å². The Hall–Kier alpha value is -11.9. The molecule has 3 amide bonds. The largest absolute Gasteiger partial charge is 0.417 e. The minimum absolute atomic E-state index is 0. The topological polar surface area (TPSA) is 195 Å². The summed E-state index contributed by atoms with van der Waals surface area (Å²) in [6.45, 7) is 7.29. The van der Waals surface area contributed by atoms with Gasteiger partial charge in [-0.05, 0) is 119 Å². The van der Waals surface area contributed by atoms with Crippen LogP contribution in [0.3, 0.4) is 0 Å². The number of nitrogens with zero attached hydrogens (tertiary/aromatic N) is 5. The first kappa shape index (κ1) is 90.0. The number of halogens is 12. The third-order valence-corrected chi connectivity index (χ3v) is 16.8. The van der Waals surface area contributed by atoms with Gasteiger partial charge in [-0.2, -0.15) is 10.2 Å². The number of alkyl halides is 8. The van der Waals surface area contributed by atoms with Crippen LogP contribution in [0.15, 0.2) is 284 Å². The highest BCUT2D eigenvalue weighted by atomic mass is 79.9. The van der Waals surface area contributed by atoms with Crippen LogP contribution >= 0.6 is 27.5 Å². The Kier molecular flexibility index (Phi) is 33.9. The van der Waals surface area contributed by atoms with Crippen LogP contribution in [0.1, 0.15) is 87.3 Å². The normalized spacial score (nSPS) is 11.8. The Bertz CT molecular complexity index is 4880. The van der Waals surface area contributed by atoms with Crippen LogP contribution in [0.2, 0.25) is 0 Å². The number of ether oxygens (including phenoxy) is 2. The van der Waals surface area contributed by atoms with Gasteiger partial charge in [0, 0.05) is 114 Å². The monoisotopic (exact) mass is 1640 g/mol. The molecule has 4 heterocycles. The number of amides is 3. The Morgan fingerprint density at radius 1 is 0.487 bits per heavy atom. The molecule has 6 N–H and O–H groups in total. The van der Waals surface area contributed by atoms with Gasteiger partial charge < -0.3 is 30.7 Å². The average molecular weight is 1640 g/mol. The van der Waals surface area contributed by atoms with Crippen molar-refractivity contribution in [2.75, 3.05) is 29.5 Å². The molecule has 2 aliphatic heterocycles. The van der Waals surface area contributed by atoms with Crippen LogP contribution in [0, 0.1) is 17.0 Å².